The first-order valence-electron chi connectivity index (χ1n) is 5.22. The largest absolute Gasteiger partial charge is 0.257 e. The van der Waals surface area contributed by atoms with E-state index in [0.29, 0.717) is 0 Å². The van der Waals surface area contributed by atoms with Crippen LogP contribution in [0.15, 0.2) is 41.6 Å². The van der Waals surface area contributed by atoms with Gasteiger partial charge in [-0.2, -0.15) is 0 Å². The molecule has 0 saturated heterocycles. The van der Waals surface area contributed by atoms with Crippen molar-refractivity contribution in [3.63, 3.8) is 0 Å². The van der Waals surface area contributed by atoms with Crippen LogP contribution in [0.2, 0.25) is 0 Å². The molecule has 1 aromatic heterocycles. The lowest BCUT2D eigenvalue weighted by Gasteiger charge is -2.04. The van der Waals surface area contributed by atoms with Gasteiger partial charge in [0.05, 0.1) is 11.4 Å². The predicted molar refractivity (Wildman–Crippen MR) is 67.5 cm³/mol. The van der Waals surface area contributed by atoms with Crippen molar-refractivity contribution in [1.29, 1.82) is 0 Å². The molecule has 0 unspecified atom stereocenters. The molecular formula is C13H14N2S. The van der Waals surface area contributed by atoms with E-state index in [9.17, 15) is 0 Å². The highest BCUT2D eigenvalue weighted by Crippen LogP contribution is 2.22. The van der Waals surface area contributed by atoms with E-state index in [1.54, 1.807) is 11.8 Å². The molecule has 2 nitrogen and oxygen atoms in total. The summed E-state index contributed by atoms with van der Waals surface area (Å²) in [6.07, 6.45) is 1.81. The minimum absolute atomic E-state index is 0.944. The number of benzene rings is 1. The van der Waals surface area contributed by atoms with Crippen LogP contribution in [0.1, 0.15) is 17.0 Å². The monoisotopic (exact) mass is 230 g/mol. The molecule has 0 saturated carbocycles. The van der Waals surface area contributed by atoms with Gasteiger partial charge in [-0.25, -0.2) is 4.98 Å². The number of hydrogen-bond donors (Lipinski definition) is 0. The highest BCUT2D eigenvalue weighted by Gasteiger charge is 2.03. The standard InChI is InChI=1S/C13H14N2S/c1-10-8-14-11(2)13(15-10)16-9-12-6-4-3-5-7-12/h3-8H,9H2,1-2H3. The molecule has 82 valence electrons. The minimum Gasteiger partial charge on any atom is -0.257 e. The van der Waals surface area contributed by atoms with Gasteiger partial charge < -0.3 is 0 Å². The fraction of sp³-hybridized carbons (Fsp3) is 0.231. The Morgan fingerprint density at radius 2 is 1.88 bits per heavy atom. The Hall–Kier alpha value is -1.35. The van der Waals surface area contributed by atoms with E-state index >= 15 is 0 Å². The Balaban J connectivity index is 2.08. The molecule has 0 bridgehead atoms. The number of nitrogens with zero attached hydrogens (tertiary/aromatic N) is 2. The van der Waals surface area contributed by atoms with Gasteiger partial charge in [-0.1, -0.05) is 42.1 Å². The van der Waals surface area contributed by atoms with Crippen molar-refractivity contribution >= 4 is 11.8 Å². The third-order valence-corrected chi connectivity index (χ3v) is 3.39. The molecule has 2 rings (SSSR count). The van der Waals surface area contributed by atoms with Crippen molar-refractivity contribution in [1.82, 2.24) is 9.97 Å². The van der Waals surface area contributed by atoms with E-state index in [0.717, 1.165) is 22.2 Å². The van der Waals surface area contributed by atoms with Crippen LogP contribution in [0.4, 0.5) is 0 Å². The molecule has 1 heterocycles. The summed E-state index contributed by atoms with van der Waals surface area (Å²) in [5, 5.41) is 1.03. The van der Waals surface area contributed by atoms with E-state index in [4.69, 9.17) is 0 Å². The molecule has 0 radical (unpaired) electrons. The predicted octanol–water partition coefficient (Wildman–Crippen LogP) is 3.39. The topological polar surface area (TPSA) is 25.8 Å². The lowest BCUT2D eigenvalue weighted by atomic mass is 10.2. The molecule has 0 atom stereocenters. The summed E-state index contributed by atoms with van der Waals surface area (Å²) < 4.78 is 0. The summed E-state index contributed by atoms with van der Waals surface area (Å²) >= 11 is 1.74. The molecule has 3 heteroatoms. The average molecular weight is 230 g/mol. The lowest BCUT2D eigenvalue weighted by Crippen LogP contribution is -1.93. The van der Waals surface area contributed by atoms with Crippen LogP contribution in [0.5, 0.6) is 0 Å². The summed E-state index contributed by atoms with van der Waals surface area (Å²) in [6, 6.07) is 10.4. The quantitative estimate of drug-likeness (QED) is 0.756. The first-order valence-corrected chi connectivity index (χ1v) is 6.21. The van der Waals surface area contributed by atoms with Gasteiger partial charge in [-0.3, -0.25) is 4.98 Å². The maximum absolute atomic E-state index is 4.49. The molecule has 0 fully saturated rings. The van der Waals surface area contributed by atoms with Crippen molar-refractivity contribution in [2.24, 2.45) is 0 Å². The van der Waals surface area contributed by atoms with Crippen LogP contribution in [-0.2, 0) is 5.75 Å². The molecule has 16 heavy (non-hydrogen) atoms. The second-order valence-corrected chi connectivity index (χ2v) is 4.64. The minimum atomic E-state index is 0.944. The third kappa shape index (κ3) is 2.83. The Bertz CT molecular complexity index is 469. The van der Waals surface area contributed by atoms with E-state index in [1.807, 2.05) is 26.1 Å². The van der Waals surface area contributed by atoms with Crippen LogP contribution in [0, 0.1) is 13.8 Å². The second-order valence-electron chi connectivity index (χ2n) is 3.68. The first-order chi connectivity index (χ1) is 7.75. The third-order valence-electron chi connectivity index (χ3n) is 2.25. The van der Waals surface area contributed by atoms with Gasteiger partial charge in [0, 0.05) is 11.9 Å². The van der Waals surface area contributed by atoms with Gasteiger partial charge in [0.25, 0.3) is 0 Å². The SMILES string of the molecule is Cc1cnc(C)c(SCc2ccccc2)n1. The number of rotatable bonds is 3. The molecule has 0 amide bonds. The van der Waals surface area contributed by atoms with Gasteiger partial charge in [0.2, 0.25) is 0 Å². The molecule has 0 aliphatic heterocycles. The zero-order chi connectivity index (χ0) is 11.4. The summed E-state index contributed by atoms with van der Waals surface area (Å²) in [4.78, 5) is 8.80. The zero-order valence-electron chi connectivity index (χ0n) is 9.47. The van der Waals surface area contributed by atoms with E-state index < -0.39 is 0 Å². The van der Waals surface area contributed by atoms with Crippen LogP contribution in [0.3, 0.4) is 0 Å². The van der Waals surface area contributed by atoms with Crippen molar-refractivity contribution in [3.05, 3.63) is 53.5 Å². The lowest BCUT2D eigenvalue weighted by molar-refractivity contribution is 0.946. The normalized spacial score (nSPS) is 10.4. The molecule has 0 aliphatic rings. The fourth-order valence-electron chi connectivity index (χ4n) is 1.38. The van der Waals surface area contributed by atoms with Gasteiger partial charge in [-0.15, -0.1) is 0 Å². The van der Waals surface area contributed by atoms with Crippen LogP contribution < -0.4 is 0 Å². The first kappa shape index (κ1) is 11.1. The maximum Gasteiger partial charge on any atom is 0.118 e. The van der Waals surface area contributed by atoms with Gasteiger partial charge in [0.15, 0.2) is 0 Å². The van der Waals surface area contributed by atoms with Crippen molar-refractivity contribution in [2.75, 3.05) is 0 Å². The fourth-order valence-corrected chi connectivity index (χ4v) is 2.34. The van der Waals surface area contributed by atoms with Crippen molar-refractivity contribution in [3.8, 4) is 0 Å². The van der Waals surface area contributed by atoms with Crippen LogP contribution >= 0.6 is 11.8 Å². The maximum atomic E-state index is 4.49. The number of thioether (sulfide) groups is 1. The summed E-state index contributed by atoms with van der Waals surface area (Å²) in [5.74, 6) is 0.944. The second kappa shape index (κ2) is 5.12. The van der Waals surface area contributed by atoms with Gasteiger partial charge in [-0.05, 0) is 19.4 Å². The number of aromatic nitrogens is 2. The highest BCUT2D eigenvalue weighted by atomic mass is 32.2. The smallest absolute Gasteiger partial charge is 0.118 e. The van der Waals surface area contributed by atoms with E-state index in [2.05, 4.69) is 34.2 Å². The Morgan fingerprint density at radius 1 is 1.12 bits per heavy atom. The number of hydrogen-bond acceptors (Lipinski definition) is 3. The molecule has 0 N–H and O–H groups in total. The molecular weight excluding hydrogens is 216 g/mol. The average Bonchev–Trinajstić information content (AvgIpc) is 2.32. The summed E-state index contributed by atoms with van der Waals surface area (Å²) in [5.41, 5.74) is 3.29. The molecule has 1 aromatic carbocycles. The summed E-state index contributed by atoms with van der Waals surface area (Å²) in [6.45, 7) is 3.97. The Kier molecular flexibility index (Phi) is 3.57. The highest BCUT2D eigenvalue weighted by molar-refractivity contribution is 7.98. The van der Waals surface area contributed by atoms with Gasteiger partial charge >= 0.3 is 0 Å². The molecule has 0 aliphatic carbocycles. The zero-order valence-corrected chi connectivity index (χ0v) is 10.3. The number of aryl methyl sites for hydroxylation is 2. The Labute approximate surface area is 100 Å². The Morgan fingerprint density at radius 3 is 2.62 bits per heavy atom. The van der Waals surface area contributed by atoms with Gasteiger partial charge in [0.1, 0.15) is 5.03 Å². The van der Waals surface area contributed by atoms with E-state index in [1.165, 1.54) is 5.56 Å². The van der Waals surface area contributed by atoms with Crippen LogP contribution in [0.25, 0.3) is 0 Å². The van der Waals surface area contributed by atoms with Crippen molar-refractivity contribution < 1.29 is 0 Å². The van der Waals surface area contributed by atoms with Crippen molar-refractivity contribution in [2.45, 2.75) is 24.6 Å². The van der Waals surface area contributed by atoms with Crippen LogP contribution in [-0.4, -0.2) is 9.97 Å². The molecule has 2 aromatic rings. The van der Waals surface area contributed by atoms with E-state index in [-0.39, 0.29) is 0 Å². The summed E-state index contributed by atoms with van der Waals surface area (Å²) in [7, 11) is 0. The molecule has 0 spiro atoms.